The van der Waals surface area contributed by atoms with Crippen molar-refractivity contribution in [3.05, 3.63) is 46.8 Å². The average Bonchev–Trinajstić information content (AvgIpc) is 3.14. The molecule has 29 heavy (non-hydrogen) atoms. The first kappa shape index (κ1) is 21.2. The predicted octanol–water partition coefficient (Wildman–Crippen LogP) is 3.39. The lowest BCUT2D eigenvalue weighted by Gasteiger charge is -2.29. The van der Waals surface area contributed by atoms with Gasteiger partial charge in [0.05, 0.1) is 18.8 Å². The van der Waals surface area contributed by atoms with Crippen LogP contribution in [0.15, 0.2) is 24.3 Å². The van der Waals surface area contributed by atoms with Gasteiger partial charge in [-0.15, -0.1) is 0 Å². The number of hydrogen-bond acceptors (Lipinski definition) is 4. The summed E-state index contributed by atoms with van der Waals surface area (Å²) in [5, 5.41) is 9.28. The number of hydrogen-bond donors (Lipinski definition) is 2. The van der Waals surface area contributed by atoms with Gasteiger partial charge in [0, 0.05) is 31.0 Å². The Morgan fingerprint density at radius 3 is 2.66 bits per heavy atom. The van der Waals surface area contributed by atoms with E-state index in [1.54, 1.807) is 12.1 Å². The maximum Gasteiger partial charge on any atom is 0.416 e. The Bertz CT molecular complexity index is 842. The molecule has 158 valence electrons. The van der Waals surface area contributed by atoms with Crippen molar-refractivity contribution < 1.29 is 22.7 Å². The average molecular weight is 410 g/mol. The van der Waals surface area contributed by atoms with Gasteiger partial charge in [-0.25, -0.2) is 0 Å². The van der Waals surface area contributed by atoms with E-state index in [1.165, 1.54) is 6.07 Å². The van der Waals surface area contributed by atoms with Gasteiger partial charge >= 0.3 is 6.18 Å². The quantitative estimate of drug-likeness (QED) is 0.766. The van der Waals surface area contributed by atoms with Gasteiger partial charge in [0.1, 0.15) is 5.69 Å². The van der Waals surface area contributed by atoms with Crippen molar-refractivity contribution in [2.75, 3.05) is 31.2 Å². The van der Waals surface area contributed by atoms with Crippen molar-refractivity contribution in [1.82, 2.24) is 15.5 Å². The minimum atomic E-state index is -4.51. The van der Waals surface area contributed by atoms with Crippen LogP contribution in [0.5, 0.6) is 0 Å². The number of carbonyl (C=O) groups excluding carboxylic acids is 1. The molecule has 1 aromatic heterocycles. The molecule has 0 saturated carbocycles. The fourth-order valence-electron chi connectivity index (χ4n) is 3.29. The molecule has 0 unspecified atom stereocenters. The summed E-state index contributed by atoms with van der Waals surface area (Å²) < 4.78 is 46.0. The van der Waals surface area contributed by atoms with Gasteiger partial charge < -0.3 is 15.0 Å². The number of aromatic nitrogens is 2. The Hall–Kier alpha value is -2.55. The number of nitrogens with one attached hydrogen (secondary N) is 2. The van der Waals surface area contributed by atoms with Gasteiger partial charge in [-0.2, -0.15) is 18.3 Å². The van der Waals surface area contributed by atoms with Gasteiger partial charge in [-0.3, -0.25) is 9.89 Å². The Morgan fingerprint density at radius 1 is 1.28 bits per heavy atom. The summed E-state index contributed by atoms with van der Waals surface area (Å²) in [6, 6.07) is 5.84. The van der Waals surface area contributed by atoms with Crippen LogP contribution in [-0.4, -0.2) is 42.4 Å². The Morgan fingerprint density at radius 2 is 2.00 bits per heavy atom. The number of rotatable bonds is 6. The highest BCUT2D eigenvalue weighted by atomic mass is 19.4. The maximum absolute atomic E-state index is 13.6. The van der Waals surface area contributed by atoms with Crippen molar-refractivity contribution in [2.45, 2.75) is 33.0 Å². The predicted molar refractivity (Wildman–Crippen MR) is 103 cm³/mol. The highest BCUT2D eigenvalue weighted by Crippen LogP contribution is 2.35. The molecule has 1 aliphatic heterocycles. The lowest BCUT2D eigenvalue weighted by Crippen LogP contribution is -2.36. The number of ether oxygens (including phenoxy) is 1. The second-order valence-corrected chi connectivity index (χ2v) is 7.50. The van der Waals surface area contributed by atoms with Crippen LogP contribution in [0.3, 0.4) is 0 Å². The van der Waals surface area contributed by atoms with E-state index >= 15 is 0 Å². The molecule has 0 radical (unpaired) electrons. The minimum Gasteiger partial charge on any atom is -0.378 e. The van der Waals surface area contributed by atoms with Gasteiger partial charge in [-0.1, -0.05) is 19.9 Å². The SMILES string of the molecule is CC(C)Cc1cc(C(=O)NCc2ccc(N3CCOCC3)cc2C(F)(F)F)n[nH]1. The third kappa shape index (κ3) is 5.50. The summed E-state index contributed by atoms with van der Waals surface area (Å²) in [5.41, 5.74) is 0.751. The molecule has 0 spiro atoms. The zero-order valence-electron chi connectivity index (χ0n) is 16.5. The molecule has 0 aliphatic carbocycles. The van der Waals surface area contributed by atoms with E-state index in [9.17, 15) is 18.0 Å². The third-order valence-electron chi connectivity index (χ3n) is 4.71. The number of aromatic amines is 1. The molecular formula is C20H25F3N4O2. The van der Waals surface area contributed by atoms with Crippen molar-refractivity contribution in [1.29, 1.82) is 0 Å². The molecule has 0 bridgehead atoms. The molecule has 2 N–H and O–H groups in total. The summed E-state index contributed by atoms with van der Waals surface area (Å²) in [6.45, 7) is 5.92. The van der Waals surface area contributed by atoms with Crippen LogP contribution in [0.1, 0.15) is 41.2 Å². The second kappa shape index (κ2) is 8.86. The fourth-order valence-corrected chi connectivity index (χ4v) is 3.29. The standard InChI is InChI=1S/C20H25F3N4O2/c1-13(2)9-15-10-18(26-25-15)19(28)24-12-14-3-4-16(11-17(14)20(21,22)23)27-5-7-29-8-6-27/h3-4,10-11,13H,5-9,12H2,1-2H3,(H,24,28)(H,25,26). The monoisotopic (exact) mass is 410 g/mol. The van der Waals surface area contributed by atoms with Gasteiger partial charge in [0.25, 0.3) is 5.91 Å². The van der Waals surface area contributed by atoms with E-state index < -0.39 is 17.6 Å². The minimum absolute atomic E-state index is 0.0146. The summed E-state index contributed by atoms with van der Waals surface area (Å²) in [5.74, 6) is -0.118. The highest BCUT2D eigenvalue weighted by molar-refractivity contribution is 5.92. The zero-order valence-corrected chi connectivity index (χ0v) is 16.5. The second-order valence-electron chi connectivity index (χ2n) is 7.50. The van der Waals surface area contributed by atoms with Gasteiger partial charge in [0.2, 0.25) is 0 Å². The molecule has 2 aromatic rings. The fraction of sp³-hybridized carbons (Fsp3) is 0.500. The van der Waals surface area contributed by atoms with Crippen LogP contribution in [0.4, 0.5) is 18.9 Å². The molecule has 2 heterocycles. The lowest BCUT2D eigenvalue weighted by atomic mass is 10.0. The van der Waals surface area contributed by atoms with Crippen LogP contribution >= 0.6 is 0 Å². The number of H-pyrrole nitrogens is 1. The topological polar surface area (TPSA) is 70.2 Å². The molecule has 1 saturated heterocycles. The van der Waals surface area contributed by atoms with Gasteiger partial charge in [-0.05, 0) is 36.1 Å². The number of nitrogens with zero attached hydrogens (tertiary/aromatic N) is 2. The van der Waals surface area contributed by atoms with E-state index in [0.717, 1.165) is 18.2 Å². The zero-order chi connectivity index (χ0) is 21.0. The summed E-state index contributed by atoms with van der Waals surface area (Å²) in [4.78, 5) is 14.2. The summed E-state index contributed by atoms with van der Waals surface area (Å²) in [6.07, 6.45) is -3.78. The van der Waals surface area contributed by atoms with E-state index in [2.05, 4.69) is 15.5 Å². The summed E-state index contributed by atoms with van der Waals surface area (Å²) in [7, 11) is 0. The van der Waals surface area contributed by atoms with Crippen LogP contribution in [-0.2, 0) is 23.9 Å². The highest BCUT2D eigenvalue weighted by Gasteiger charge is 2.34. The van der Waals surface area contributed by atoms with E-state index in [-0.39, 0.29) is 17.8 Å². The molecule has 1 aliphatic rings. The van der Waals surface area contributed by atoms with E-state index in [1.807, 2.05) is 18.7 Å². The maximum atomic E-state index is 13.6. The Kier molecular flexibility index (Phi) is 6.46. The van der Waals surface area contributed by atoms with Crippen molar-refractivity contribution in [3.8, 4) is 0 Å². The number of anilines is 1. The molecular weight excluding hydrogens is 385 g/mol. The molecule has 1 amide bonds. The largest absolute Gasteiger partial charge is 0.416 e. The first-order chi connectivity index (χ1) is 13.7. The van der Waals surface area contributed by atoms with Crippen molar-refractivity contribution in [2.24, 2.45) is 5.92 Å². The summed E-state index contributed by atoms with van der Waals surface area (Å²) >= 11 is 0. The number of benzene rings is 1. The molecule has 1 aromatic carbocycles. The number of morpholine rings is 1. The number of amides is 1. The molecule has 6 nitrogen and oxygen atoms in total. The van der Waals surface area contributed by atoms with E-state index in [0.29, 0.717) is 37.9 Å². The van der Waals surface area contributed by atoms with Crippen LogP contribution in [0, 0.1) is 5.92 Å². The smallest absolute Gasteiger partial charge is 0.378 e. The first-order valence-electron chi connectivity index (χ1n) is 9.59. The van der Waals surface area contributed by atoms with Crippen molar-refractivity contribution >= 4 is 11.6 Å². The molecule has 0 atom stereocenters. The number of halogens is 3. The third-order valence-corrected chi connectivity index (χ3v) is 4.71. The van der Waals surface area contributed by atoms with Crippen LogP contribution < -0.4 is 10.2 Å². The van der Waals surface area contributed by atoms with Crippen LogP contribution in [0.2, 0.25) is 0 Å². The normalized spacial score (nSPS) is 15.0. The van der Waals surface area contributed by atoms with Crippen molar-refractivity contribution in [3.63, 3.8) is 0 Å². The Balaban J connectivity index is 1.72. The van der Waals surface area contributed by atoms with E-state index in [4.69, 9.17) is 4.74 Å². The lowest BCUT2D eigenvalue weighted by molar-refractivity contribution is -0.138. The molecule has 9 heteroatoms. The molecule has 1 fully saturated rings. The Labute approximate surface area is 167 Å². The first-order valence-corrected chi connectivity index (χ1v) is 9.59. The number of alkyl halides is 3. The van der Waals surface area contributed by atoms with Gasteiger partial charge in [0.15, 0.2) is 0 Å². The van der Waals surface area contributed by atoms with Crippen LogP contribution in [0.25, 0.3) is 0 Å². The molecule has 3 rings (SSSR count). The number of carbonyl (C=O) groups is 1.